The number of nitrogens with one attached hydrogen (secondary N) is 12. The van der Waals surface area contributed by atoms with Crippen LogP contribution >= 0.6 is 0 Å². The van der Waals surface area contributed by atoms with Crippen molar-refractivity contribution >= 4 is 108 Å². The van der Waals surface area contributed by atoms with Gasteiger partial charge in [0.15, 0.2) is 0 Å². The van der Waals surface area contributed by atoms with Gasteiger partial charge in [0.25, 0.3) is 0 Å². The number of aliphatic hydroxyl groups is 1. The molecular weight excluding hydrogens is 1410 g/mol. The maximum atomic E-state index is 12.3. The number of carbonyl (C=O) groups excluding carboxylic acids is 3. The van der Waals surface area contributed by atoms with Crippen LogP contribution in [-0.2, 0) is 49.5 Å². The number of nitrogen functional groups attached to an aromatic ring is 8. The first-order chi connectivity index (χ1) is 53.1. The number of phenols is 1. The number of hydrogen-bond acceptors (Lipinski definition) is 16. The van der Waals surface area contributed by atoms with Crippen molar-refractivity contribution in [1.29, 1.82) is 43.3 Å². The molecule has 0 aliphatic carbocycles. The summed E-state index contributed by atoms with van der Waals surface area (Å²) in [6, 6.07) is 55.9. The molecule has 0 fully saturated rings. The van der Waals surface area contributed by atoms with Crippen LogP contribution in [0.5, 0.6) is 5.75 Å². The summed E-state index contributed by atoms with van der Waals surface area (Å²) in [5.41, 5.74) is 63.7. The number of phenolic OH excluding ortho intramolecular Hbond substituents is 1. The zero-order valence-corrected chi connectivity index (χ0v) is 60.4. The number of aromatic amines is 4. The Labute approximate surface area is 635 Å². The number of fused-ring (bicyclic) bond motifs is 4. The van der Waals surface area contributed by atoms with Gasteiger partial charge in [0.1, 0.15) is 59.0 Å². The average Bonchev–Trinajstić information content (AvgIpc) is 1.65. The van der Waals surface area contributed by atoms with E-state index in [1.54, 1.807) is 72.8 Å². The Hall–Kier alpha value is -15.2. The third-order valence-corrected chi connectivity index (χ3v) is 18.3. The number of amidine groups is 8. The summed E-state index contributed by atoms with van der Waals surface area (Å²) in [6.45, 7) is 3.56. The van der Waals surface area contributed by atoms with Gasteiger partial charge in [-0.2, -0.15) is 0 Å². The number of aromatic hydroxyl groups is 1. The summed E-state index contributed by atoms with van der Waals surface area (Å²) in [6.07, 6.45) is 3.11. The predicted molar refractivity (Wildman–Crippen MR) is 437 cm³/mol. The molecule has 0 radical (unpaired) electrons. The lowest BCUT2D eigenvalue weighted by molar-refractivity contribution is -0.143. The summed E-state index contributed by atoms with van der Waals surface area (Å²) in [5.74, 6) is -1.54. The highest BCUT2D eigenvalue weighted by Gasteiger charge is 2.24. The third kappa shape index (κ3) is 17.9. The minimum atomic E-state index is -0.452. The van der Waals surface area contributed by atoms with Crippen LogP contribution in [0.2, 0.25) is 0 Å². The molecule has 0 saturated carbocycles. The summed E-state index contributed by atoms with van der Waals surface area (Å²) >= 11 is 0. The molecule has 0 unspecified atom stereocenters. The fraction of sp³-hybridized carbons (Fsp3) is 0.0964. The number of benzene rings is 9. The van der Waals surface area contributed by atoms with Gasteiger partial charge in [-0.25, -0.2) is 4.79 Å². The van der Waals surface area contributed by atoms with Gasteiger partial charge >= 0.3 is 17.9 Å². The van der Waals surface area contributed by atoms with Crippen molar-refractivity contribution in [3.63, 3.8) is 0 Å². The number of hydrogen-bond donors (Lipinski definition) is 22. The number of H-pyrrole nitrogens is 4. The minimum Gasteiger partial charge on any atom is -0.507 e. The van der Waals surface area contributed by atoms with Crippen LogP contribution in [0.4, 0.5) is 0 Å². The SMILES string of the molecule is C=CCc1c(-c2ccc(C(=N)N)cc2)[nH]c2cc(C(=N)N)ccc12.COC(=O)Cc1c(-c2ccc(C(=N)N)cc2O)[nH]c2cc(C(=N)N)ccc12.COC(=O)c1ccccc1Cc1c(-c2ccc(C(=N)N)cc2)[nH]c2cc(C(=N)N)ccc12.N=C(N)c1ccc(-c2[nH]c3cc(C(=N)N)ccc3c2CC(=O)OCCO)cc1. The lowest BCUT2D eigenvalue weighted by atomic mass is 9.95. The van der Waals surface area contributed by atoms with Crippen molar-refractivity contribution < 1.29 is 38.8 Å². The molecule has 30 N–H and O–H groups in total. The molecule has 13 rings (SSSR count). The largest absolute Gasteiger partial charge is 0.507 e. The Bertz CT molecular complexity index is 5870. The minimum absolute atomic E-state index is 0.000842. The first-order valence-corrected chi connectivity index (χ1v) is 34.2. The number of rotatable bonds is 23. The molecule has 4 aromatic heterocycles. The average molecular weight is 1490 g/mol. The van der Waals surface area contributed by atoms with Crippen LogP contribution in [0.1, 0.15) is 82.7 Å². The van der Waals surface area contributed by atoms with E-state index in [2.05, 4.69) is 26.5 Å². The van der Waals surface area contributed by atoms with E-state index in [0.717, 1.165) is 101 Å². The van der Waals surface area contributed by atoms with E-state index in [1.807, 2.05) is 115 Å². The number of carbonyl (C=O) groups is 3. The molecule has 0 spiro atoms. The molecule has 0 bridgehead atoms. The monoisotopic (exact) mass is 1490 g/mol. The zero-order valence-electron chi connectivity index (χ0n) is 60.4. The number of ether oxygens (including phenoxy) is 3. The summed E-state index contributed by atoms with van der Waals surface area (Å²) < 4.78 is 14.8. The van der Waals surface area contributed by atoms with E-state index in [4.69, 9.17) is 108 Å². The van der Waals surface area contributed by atoms with E-state index < -0.39 is 11.9 Å². The molecule has 111 heavy (non-hydrogen) atoms. The number of esters is 3. The van der Waals surface area contributed by atoms with Crippen LogP contribution in [0.25, 0.3) is 88.6 Å². The van der Waals surface area contributed by atoms with Gasteiger partial charge in [0.2, 0.25) is 0 Å². The van der Waals surface area contributed by atoms with Crippen molar-refractivity contribution in [2.24, 2.45) is 45.9 Å². The van der Waals surface area contributed by atoms with Crippen LogP contribution in [-0.4, -0.2) is 122 Å². The van der Waals surface area contributed by atoms with E-state index in [1.165, 1.54) is 20.3 Å². The van der Waals surface area contributed by atoms with Crippen LogP contribution < -0.4 is 45.9 Å². The van der Waals surface area contributed by atoms with Crippen molar-refractivity contribution in [2.45, 2.75) is 25.7 Å². The molecule has 562 valence electrons. The maximum absolute atomic E-state index is 12.3. The first kappa shape index (κ1) is 78.4. The topological polar surface area (TPSA) is 581 Å². The van der Waals surface area contributed by atoms with Crippen molar-refractivity contribution in [2.75, 3.05) is 27.4 Å². The van der Waals surface area contributed by atoms with Crippen molar-refractivity contribution in [3.8, 4) is 50.8 Å². The van der Waals surface area contributed by atoms with E-state index in [9.17, 15) is 19.5 Å². The molecule has 0 aliphatic heterocycles. The van der Waals surface area contributed by atoms with E-state index in [0.29, 0.717) is 78.8 Å². The van der Waals surface area contributed by atoms with Gasteiger partial charge in [0, 0.05) is 100 Å². The third-order valence-electron chi connectivity index (χ3n) is 18.3. The van der Waals surface area contributed by atoms with Gasteiger partial charge in [-0.05, 0) is 93.4 Å². The summed E-state index contributed by atoms with van der Waals surface area (Å²) in [5, 5.41) is 83.6. The first-order valence-electron chi connectivity index (χ1n) is 34.2. The molecule has 4 heterocycles. The fourth-order valence-electron chi connectivity index (χ4n) is 12.7. The van der Waals surface area contributed by atoms with E-state index in [-0.39, 0.29) is 84.5 Å². The van der Waals surface area contributed by atoms with Gasteiger partial charge in [-0.15, -0.1) is 6.58 Å². The molecule has 0 aliphatic rings. The zero-order chi connectivity index (χ0) is 80.1. The van der Waals surface area contributed by atoms with Gasteiger partial charge < -0.3 is 90.2 Å². The second kappa shape index (κ2) is 34.4. The van der Waals surface area contributed by atoms with Gasteiger partial charge in [-0.3, -0.25) is 52.9 Å². The second-order valence-corrected chi connectivity index (χ2v) is 25.4. The number of methoxy groups -OCH3 is 2. The maximum Gasteiger partial charge on any atom is 0.338 e. The van der Waals surface area contributed by atoms with Crippen molar-refractivity contribution in [1.82, 2.24) is 19.9 Å². The highest BCUT2D eigenvalue weighted by atomic mass is 16.5. The molecule has 0 atom stereocenters. The lowest BCUT2D eigenvalue weighted by Crippen LogP contribution is -2.12. The van der Waals surface area contributed by atoms with Gasteiger partial charge in [-0.1, -0.05) is 152 Å². The highest BCUT2D eigenvalue weighted by Crippen LogP contribution is 2.39. The standard InChI is InChI=1S/C25H23N5O2.C20H21N5O3.C19H19N5O3.C19H19N5/c1-32-25(31)18-5-3-2-4-16(18)12-20-19-11-10-17(24(28)29)13-21(19)30-22(20)14-6-8-15(9-7-14)23(26)27;21-19(22)12-3-1-11(2-4-12)18-15(10-17(27)28-8-7-26)14-6-5-13(20(23)24)9-16(14)25-18;1-27-16(26)8-13-11-4-2-9(18(20)21)6-14(11)24-17(13)12-5-3-10(19(22)23)7-15(12)25;1-2-3-15-14-9-8-13(19(22)23)10-16(14)24-17(15)11-4-6-12(7-5-11)18(20)21/h2-11,13,30H,12H2,1H3,(H3,26,27)(H3,28,29);1-6,9,25-26H,7-8,10H2,(H3,21,22)(H3,23,24);2-7,24-25H,8H2,1H3,(H3,20,21)(H3,22,23);2,4-10,24H,1,3H2,(H3,20,21)(H3,22,23). The number of aromatic nitrogens is 4. The Morgan fingerprint density at radius 2 is 0.739 bits per heavy atom. The quantitative estimate of drug-likeness (QED) is 0.00930. The Balaban J connectivity index is 0.000000158. The number of allylic oxidation sites excluding steroid dienone is 1. The summed E-state index contributed by atoms with van der Waals surface area (Å²) in [7, 11) is 2.68. The Kier molecular flexibility index (Phi) is 24.3. The van der Waals surface area contributed by atoms with Crippen LogP contribution in [0.15, 0.2) is 201 Å². The molecule has 28 nitrogen and oxygen atoms in total. The second-order valence-electron chi connectivity index (χ2n) is 25.4. The highest BCUT2D eigenvalue weighted by molar-refractivity contribution is 6.07. The normalized spacial score (nSPS) is 10.7. The molecule has 13 aromatic rings. The molecule has 0 saturated heterocycles. The van der Waals surface area contributed by atoms with E-state index >= 15 is 0 Å². The summed E-state index contributed by atoms with van der Waals surface area (Å²) in [4.78, 5) is 49.7. The molecule has 0 amide bonds. The Morgan fingerprint density at radius 3 is 1.12 bits per heavy atom. The van der Waals surface area contributed by atoms with Crippen LogP contribution in [0, 0.1) is 43.3 Å². The lowest BCUT2D eigenvalue weighted by Gasteiger charge is -2.10. The molecular formula is C83H82N20O8. The fourth-order valence-corrected chi connectivity index (χ4v) is 12.7. The predicted octanol–water partition coefficient (Wildman–Crippen LogP) is 10.2. The van der Waals surface area contributed by atoms with Crippen LogP contribution in [0.3, 0.4) is 0 Å². The smallest absolute Gasteiger partial charge is 0.338 e. The Morgan fingerprint density at radius 1 is 0.405 bits per heavy atom. The van der Waals surface area contributed by atoms with Crippen molar-refractivity contribution in [3.05, 3.63) is 279 Å². The van der Waals surface area contributed by atoms with Gasteiger partial charge in [0.05, 0.1) is 62.0 Å². The molecule has 9 aromatic carbocycles. The molecule has 28 heteroatoms. The number of aliphatic hydroxyl groups excluding tert-OH is 1. The number of nitrogens with two attached hydrogens (primary N) is 8.